The van der Waals surface area contributed by atoms with Gasteiger partial charge in [-0.05, 0) is 25.4 Å². The molecule has 0 spiro atoms. The maximum atomic E-state index is 3.45. The normalized spacial score (nSPS) is 12.0. The molecule has 0 atom stereocenters. The Hall–Kier alpha value is -0.0800. The van der Waals surface area contributed by atoms with Gasteiger partial charge in [-0.15, -0.1) is 0 Å². The van der Waals surface area contributed by atoms with Gasteiger partial charge in [0.05, 0.1) is 0 Å². The summed E-state index contributed by atoms with van der Waals surface area (Å²) in [5.74, 6) is 1.53. The molecule has 80 valence electrons. The van der Waals surface area contributed by atoms with E-state index in [0.717, 1.165) is 31.5 Å². The van der Waals surface area contributed by atoms with Crippen molar-refractivity contribution in [2.45, 2.75) is 27.7 Å². The van der Waals surface area contributed by atoms with Crippen LogP contribution in [0.3, 0.4) is 0 Å². The number of hydrogen-bond donors (Lipinski definition) is 1. The first-order valence-electron chi connectivity index (χ1n) is 5.41. The van der Waals surface area contributed by atoms with E-state index in [4.69, 9.17) is 0 Å². The summed E-state index contributed by atoms with van der Waals surface area (Å²) < 4.78 is 0. The van der Waals surface area contributed by atoms with E-state index >= 15 is 0 Å². The molecule has 0 saturated heterocycles. The third-order valence-electron chi connectivity index (χ3n) is 1.90. The van der Waals surface area contributed by atoms with Crippen molar-refractivity contribution in [2.24, 2.45) is 11.8 Å². The fourth-order valence-electron chi connectivity index (χ4n) is 1.38. The van der Waals surface area contributed by atoms with E-state index in [2.05, 4.69) is 45.0 Å². The molecule has 0 rings (SSSR count). The van der Waals surface area contributed by atoms with Gasteiger partial charge in [-0.3, -0.25) is 0 Å². The Morgan fingerprint density at radius 2 is 1.69 bits per heavy atom. The fraction of sp³-hybridized carbons (Fsp3) is 1.00. The van der Waals surface area contributed by atoms with Crippen molar-refractivity contribution >= 4 is 0 Å². The van der Waals surface area contributed by atoms with Crippen molar-refractivity contribution in [1.82, 2.24) is 10.2 Å². The molecule has 2 nitrogen and oxygen atoms in total. The van der Waals surface area contributed by atoms with E-state index in [9.17, 15) is 0 Å². The summed E-state index contributed by atoms with van der Waals surface area (Å²) in [4.78, 5) is 2.39. The molecule has 0 aromatic heterocycles. The Kier molecular flexibility index (Phi) is 7.29. The summed E-state index contributed by atoms with van der Waals surface area (Å²) >= 11 is 0. The molecular weight excluding hydrogens is 160 g/mol. The number of nitrogens with zero attached hydrogens (tertiary/aromatic N) is 1. The summed E-state index contributed by atoms with van der Waals surface area (Å²) in [6.07, 6.45) is 0. The molecule has 0 amide bonds. The molecule has 0 heterocycles. The van der Waals surface area contributed by atoms with Crippen molar-refractivity contribution in [3.8, 4) is 0 Å². The van der Waals surface area contributed by atoms with Gasteiger partial charge in [-0.1, -0.05) is 27.7 Å². The highest BCUT2D eigenvalue weighted by Crippen LogP contribution is 1.94. The predicted molar refractivity (Wildman–Crippen MR) is 60.0 cm³/mol. The summed E-state index contributed by atoms with van der Waals surface area (Å²) in [7, 11) is 2.19. The van der Waals surface area contributed by atoms with Crippen LogP contribution < -0.4 is 5.32 Å². The molecule has 0 bridgehead atoms. The van der Waals surface area contributed by atoms with Gasteiger partial charge in [0, 0.05) is 19.6 Å². The number of rotatable bonds is 7. The van der Waals surface area contributed by atoms with Crippen LogP contribution in [0.5, 0.6) is 0 Å². The number of nitrogens with one attached hydrogen (secondary N) is 1. The van der Waals surface area contributed by atoms with Crippen molar-refractivity contribution in [1.29, 1.82) is 0 Å². The zero-order valence-electron chi connectivity index (χ0n) is 9.93. The lowest BCUT2D eigenvalue weighted by molar-refractivity contribution is 0.293. The third kappa shape index (κ3) is 9.84. The first-order valence-corrected chi connectivity index (χ1v) is 5.41. The first-order chi connectivity index (χ1) is 6.02. The molecule has 0 aromatic rings. The van der Waals surface area contributed by atoms with Crippen molar-refractivity contribution in [3.63, 3.8) is 0 Å². The summed E-state index contributed by atoms with van der Waals surface area (Å²) in [5, 5.41) is 3.45. The van der Waals surface area contributed by atoms with E-state index in [1.165, 1.54) is 6.54 Å². The fourth-order valence-corrected chi connectivity index (χ4v) is 1.38. The predicted octanol–water partition coefficient (Wildman–Crippen LogP) is 1.82. The average Bonchev–Trinajstić information content (AvgIpc) is 1.96. The van der Waals surface area contributed by atoms with E-state index in [0.29, 0.717) is 0 Å². The maximum Gasteiger partial charge on any atom is 0.0104 e. The van der Waals surface area contributed by atoms with Crippen LogP contribution >= 0.6 is 0 Å². The van der Waals surface area contributed by atoms with Gasteiger partial charge < -0.3 is 10.2 Å². The zero-order valence-corrected chi connectivity index (χ0v) is 9.93. The zero-order chi connectivity index (χ0) is 10.3. The van der Waals surface area contributed by atoms with Crippen molar-refractivity contribution in [3.05, 3.63) is 0 Å². The minimum atomic E-state index is 0.760. The van der Waals surface area contributed by atoms with Crippen molar-refractivity contribution < 1.29 is 0 Å². The van der Waals surface area contributed by atoms with Crippen LogP contribution in [0.15, 0.2) is 0 Å². The van der Waals surface area contributed by atoms with E-state index in [-0.39, 0.29) is 0 Å². The molecule has 1 N–H and O–H groups in total. The molecule has 0 aliphatic heterocycles. The quantitative estimate of drug-likeness (QED) is 0.610. The Bertz CT molecular complexity index is 111. The lowest BCUT2D eigenvalue weighted by Crippen LogP contribution is -2.33. The lowest BCUT2D eigenvalue weighted by Gasteiger charge is -2.19. The minimum Gasteiger partial charge on any atom is -0.315 e. The van der Waals surface area contributed by atoms with Crippen LogP contribution in [0.1, 0.15) is 27.7 Å². The topological polar surface area (TPSA) is 15.3 Å². The molecule has 0 aromatic carbocycles. The molecule has 0 unspecified atom stereocenters. The molecule has 0 radical (unpaired) electrons. The molecule has 0 saturated carbocycles. The second kappa shape index (κ2) is 7.34. The van der Waals surface area contributed by atoms with Gasteiger partial charge in [0.25, 0.3) is 0 Å². The molecule has 0 fully saturated rings. The number of hydrogen-bond acceptors (Lipinski definition) is 2. The highest BCUT2D eigenvalue weighted by molar-refractivity contribution is 4.58. The third-order valence-corrected chi connectivity index (χ3v) is 1.90. The van der Waals surface area contributed by atoms with Gasteiger partial charge in [0.15, 0.2) is 0 Å². The smallest absolute Gasteiger partial charge is 0.0104 e. The molecular formula is C11H26N2. The standard InChI is InChI=1S/C11H26N2/c1-10(2)8-12-6-7-13(5)9-11(3)4/h10-12H,6-9H2,1-5H3. The van der Waals surface area contributed by atoms with Gasteiger partial charge >= 0.3 is 0 Å². The van der Waals surface area contributed by atoms with Gasteiger partial charge in [-0.2, -0.15) is 0 Å². The monoisotopic (exact) mass is 186 g/mol. The van der Waals surface area contributed by atoms with Gasteiger partial charge in [0.2, 0.25) is 0 Å². The highest BCUT2D eigenvalue weighted by atomic mass is 15.1. The maximum absolute atomic E-state index is 3.45. The minimum absolute atomic E-state index is 0.760. The van der Waals surface area contributed by atoms with Crippen LogP contribution in [-0.4, -0.2) is 38.1 Å². The van der Waals surface area contributed by atoms with Crippen LogP contribution in [0.2, 0.25) is 0 Å². The number of likely N-dealkylation sites (N-methyl/N-ethyl adjacent to an activating group) is 1. The SMILES string of the molecule is CC(C)CNCCN(C)CC(C)C. The lowest BCUT2D eigenvalue weighted by atomic mass is 10.2. The summed E-state index contributed by atoms with van der Waals surface area (Å²) in [6, 6.07) is 0. The average molecular weight is 186 g/mol. The summed E-state index contributed by atoms with van der Waals surface area (Å²) in [6.45, 7) is 13.6. The second-order valence-corrected chi connectivity index (χ2v) is 4.75. The van der Waals surface area contributed by atoms with Gasteiger partial charge in [-0.25, -0.2) is 0 Å². The van der Waals surface area contributed by atoms with E-state index in [1.807, 2.05) is 0 Å². The van der Waals surface area contributed by atoms with Crippen LogP contribution in [-0.2, 0) is 0 Å². The van der Waals surface area contributed by atoms with Crippen LogP contribution in [0, 0.1) is 11.8 Å². The van der Waals surface area contributed by atoms with E-state index in [1.54, 1.807) is 0 Å². The van der Waals surface area contributed by atoms with E-state index < -0.39 is 0 Å². The highest BCUT2D eigenvalue weighted by Gasteiger charge is 2.00. The van der Waals surface area contributed by atoms with Gasteiger partial charge in [0.1, 0.15) is 0 Å². The Labute approximate surface area is 83.7 Å². The first kappa shape index (κ1) is 12.9. The largest absolute Gasteiger partial charge is 0.315 e. The Morgan fingerprint density at radius 3 is 2.15 bits per heavy atom. The Balaban J connectivity index is 3.22. The van der Waals surface area contributed by atoms with Crippen molar-refractivity contribution in [2.75, 3.05) is 33.2 Å². The summed E-state index contributed by atoms with van der Waals surface area (Å²) in [5.41, 5.74) is 0. The Morgan fingerprint density at radius 1 is 1.08 bits per heavy atom. The molecule has 2 heteroatoms. The molecule has 0 aliphatic rings. The van der Waals surface area contributed by atoms with Crippen LogP contribution in [0.4, 0.5) is 0 Å². The van der Waals surface area contributed by atoms with Crippen LogP contribution in [0.25, 0.3) is 0 Å². The molecule has 13 heavy (non-hydrogen) atoms. The second-order valence-electron chi connectivity index (χ2n) is 4.75. The molecule has 0 aliphatic carbocycles.